The molecule has 0 aliphatic heterocycles. The van der Waals surface area contributed by atoms with Gasteiger partial charge in [0.1, 0.15) is 0 Å². The summed E-state index contributed by atoms with van der Waals surface area (Å²) in [6.07, 6.45) is 8.27. The molecule has 2 fully saturated rings. The Hall–Kier alpha value is -1.32. The van der Waals surface area contributed by atoms with E-state index in [0.717, 1.165) is 25.9 Å². The number of rotatable bonds is 6. The van der Waals surface area contributed by atoms with Crippen molar-refractivity contribution in [2.45, 2.75) is 32.6 Å². The molecule has 4 atom stereocenters. The highest BCUT2D eigenvalue weighted by molar-refractivity contribution is 5.87. The fraction of sp³-hybridized carbons (Fsp3) is 0.750. The molecule has 3 aliphatic rings. The van der Waals surface area contributed by atoms with Gasteiger partial charge in [0.05, 0.1) is 11.8 Å². The van der Waals surface area contributed by atoms with Crippen molar-refractivity contribution in [1.29, 1.82) is 0 Å². The van der Waals surface area contributed by atoms with E-state index in [1.54, 1.807) is 0 Å². The number of carboxylic acids is 1. The van der Waals surface area contributed by atoms with E-state index in [1.807, 2.05) is 11.0 Å². The molecule has 3 aliphatic carbocycles. The van der Waals surface area contributed by atoms with E-state index in [0.29, 0.717) is 5.92 Å². The summed E-state index contributed by atoms with van der Waals surface area (Å²) in [5.74, 6) is -0.680. The van der Waals surface area contributed by atoms with E-state index >= 15 is 0 Å². The van der Waals surface area contributed by atoms with Crippen molar-refractivity contribution in [1.82, 2.24) is 4.90 Å². The van der Waals surface area contributed by atoms with Crippen LogP contribution in [0.15, 0.2) is 12.2 Å². The fourth-order valence-electron chi connectivity index (χ4n) is 3.88. The number of carboxylic acid groups (broad SMARTS) is 1. The molecular weight excluding hydrogens is 254 g/mol. The second-order valence-electron chi connectivity index (χ2n) is 6.57. The Balaban J connectivity index is 1.76. The third-order valence-electron chi connectivity index (χ3n) is 5.01. The van der Waals surface area contributed by atoms with Crippen LogP contribution < -0.4 is 0 Å². The predicted molar refractivity (Wildman–Crippen MR) is 74.9 cm³/mol. The summed E-state index contributed by atoms with van der Waals surface area (Å²) in [5, 5.41) is 9.46. The van der Waals surface area contributed by atoms with Gasteiger partial charge in [-0.1, -0.05) is 19.1 Å². The van der Waals surface area contributed by atoms with Crippen LogP contribution in [-0.2, 0) is 9.59 Å². The van der Waals surface area contributed by atoms with Crippen molar-refractivity contribution >= 4 is 11.9 Å². The van der Waals surface area contributed by atoms with Gasteiger partial charge in [0, 0.05) is 13.1 Å². The Morgan fingerprint density at radius 3 is 2.40 bits per heavy atom. The standard InChI is InChI=1S/C16H23NO3/c1-2-7-17(9-10-3-4-10)15(18)13-11-5-6-12(8-11)14(13)16(19)20/h5-6,10-14H,2-4,7-9H2,1H3,(H,19,20). The maximum Gasteiger partial charge on any atom is 0.307 e. The minimum absolute atomic E-state index is 0.0656. The number of hydrogen-bond donors (Lipinski definition) is 1. The third kappa shape index (κ3) is 2.36. The van der Waals surface area contributed by atoms with Crippen LogP contribution in [0.25, 0.3) is 0 Å². The lowest BCUT2D eigenvalue weighted by Gasteiger charge is -2.31. The number of nitrogens with zero attached hydrogens (tertiary/aromatic N) is 1. The van der Waals surface area contributed by atoms with Crippen molar-refractivity contribution in [2.75, 3.05) is 13.1 Å². The molecule has 4 nitrogen and oxygen atoms in total. The maximum absolute atomic E-state index is 12.8. The van der Waals surface area contributed by atoms with Crippen molar-refractivity contribution in [2.24, 2.45) is 29.6 Å². The van der Waals surface area contributed by atoms with E-state index in [2.05, 4.69) is 13.0 Å². The molecule has 2 bridgehead atoms. The van der Waals surface area contributed by atoms with E-state index in [1.165, 1.54) is 12.8 Å². The summed E-state index contributed by atoms with van der Waals surface area (Å²) in [6, 6.07) is 0. The van der Waals surface area contributed by atoms with E-state index < -0.39 is 11.9 Å². The molecule has 0 saturated heterocycles. The molecular formula is C16H23NO3. The molecule has 2 saturated carbocycles. The minimum Gasteiger partial charge on any atom is -0.481 e. The topological polar surface area (TPSA) is 57.6 Å². The molecule has 110 valence electrons. The van der Waals surface area contributed by atoms with Gasteiger partial charge in [0.15, 0.2) is 0 Å². The summed E-state index contributed by atoms with van der Waals surface area (Å²) in [4.78, 5) is 26.3. The molecule has 0 aromatic heterocycles. The average Bonchev–Trinajstić information content (AvgIpc) is 3.00. The number of carbonyl (C=O) groups is 2. The summed E-state index contributed by atoms with van der Waals surface area (Å²) >= 11 is 0. The van der Waals surface area contributed by atoms with Crippen LogP contribution in [0.3, 0.4) is 0 Å². The first kappa shape index (κ1) is 13.7. The molecule has 3 rings (SSSR count). The first-order valence-electron chi connectivity index (χ1n) is 7.81. The summed E-state index contributed by atoms with van der Waals surface area (Å²) in [5.41, 5.74) is 0. The molecule has 4 heteroatoms. The van der Waals surface area contributed by atoms with E-state index in [4.69, 9.17) is 0 Å². The molecule has 1 N–H and O–H groups in total. The number of carbonyl (C=O) groups excluding carboxylic acids is 1. The summed E-state index contributed by atoms with van der Waals surface area (Å²) < 4.78 is 0. The van der Waals surface area contributed by atoms with Crippen molar-refractivity contribution in [3.05, 3.63) is 12.2 Å². The molecule has 20 heavy (non-hydrogen) atoms. The summed E-state index contributed by atoms with van der Waals surface area (Å²) in [6.45, 7) is 3.67. The zero-order valence-electron chi connectivity index (χ0n) is 12.0. The van der Waals surface area contributed by atoms with Gasteiger partial charge in [0.2, 0.25) is 5.91 Å². The maximum atomic E-state index is 12.8. The molecule has 1 amide bonds. The number of allylic oxidation sites excluding steroid dienone is 2. The smallest absolute Gasteiger partial charge is 0.307 e. The van der Waals surface area contributed by atoms with Crippen LogP contribution in [0.2, 0.25) is 0 Å². The SMILES string of the molecule is CCCN(CC1CC1)C(=O)C1C2C=CC(C2)C1C(=O)O. The Morgan fingerprint density at radius 1 is 1.20 bits per heavy atom. The number of fused-ring (bicyclic) bond motifs is 2. The summed E-state index contributed by atoms with van der Waals surface area (Å²) in [7, 11) is 0. The Bertz CT molecular complexity index is 441. The van der Waals surface area contributed by atoms with Crippen LogP contribution in [-0.4, -0.2) is 35.0 Å². The van der Waals surface area contributed by atoms with Gasteiger partial charge >= 0.3 is 5.97 Å². The predicted octanol–water partition coefficient (Wildman–Crippen LogP) is 2.16. The lowest BCUT2D eigenvalue weighted by atomic mass is 9.82. The van der Waals surface area contributed by atoms with Crippen LogP contribution >= 0.6 is 0 Å². The molecule has 0 radical (unpaired) electrons. The Morgan fingerprint density at radius 2 is 1.85 bits per heavy atom. The second kappa shape index (κ2) is 5.23. The van der Waals surface area contributed by atoms with Gasteiger partial charge in [-0.25, -0.2) is 0 Å². The van der Waals surface area contributed by atoms with Crippen LogP contribution in [0, 0.1) is 29.6 Å². The van der Waals surface area contributed by atoms with E-state index in [9.17, 15) is 14.7 Å². The molecule has 0 spiro atoms. The third-order valence-corrected chi connectivity index (χ3v) is 5.01. The average molecular weight is 277 g/mol. The zero-order chi connectivity index (χ0) is 14.3. The van der Waals surface area contributed by atoms with Gasteiger partial charge in [-0.15, -0.1) is 0 Å². The quantitative estimate of drug-likeness (QED) is 0.757. The highest BCUT2D eigenvalue weighted by Crippen LogP contribution is 2.49. The first-order chi connectivity index (χ1) is 9.61. The van der Waals surface area contributed by atoms with Crippen LogP contribution in [0.1, 0.15) is 32.6 Å². The Labute approximate surface area is 119 Å². The molecule has 0 aromatic rings. The van der Waals surface area contributed by atoms with Crippen LogP contribution in [0.4, 0.5) is 0 Å². The lowest BCUT2D eigenvalue weighted by Crippen LogP contribution is -2.44. The molecule has 0 aromatic carbocycles. The van der Waals surface area contributed by atoms with Gasteiger partial charge in [0.25, 0.3) is 0 Å². The molecule has 4 unspecified atom stereocenters. The van der Waals surface area contributed by atoms with Gasteiger partial charge in [-0.3, -0.25) is 9.59 Å². The van der Waals surface area contributed by atoms with Crippen LogP contribution in [0.5, 0.6) is 0 Å². The van der Waals surface area contributed by atoms with Crippen molar-refractivity contribution < 1.29 is 14.7 Å². The molecule has 0 heterocycles. The largest absolute Gasteiger partial charge is 0.481 e. The lowest BCUT2D eigenvalue weighted by molar-refractivity contribution is -0.151. The number of hydrogen-bond acceptors (Lipinski definition) is 2. The van der Waals surface area contributed by atoms with Gasteiger partial charge < -0.3 is 10.0 Å². The van der Waals surface area contributed by atoms with E-state index in [-0.39, 0.29) is 23.7 Å². The number of aliphatic carboxylic acids is 1. The second-order valence-corrected chi connectivity index (χ2v) is 6.57. The highest BCUT2D eigenvalue weighted by atomic mass is 16.4. The normalized spacial score (nSPS) is 34.5. The fourth-order valence-corrected chi connectivity index (χ4v) is 3.88. The highest BCUT2D eigenvalue weighted by Gasteiger charge is 2.52. The Kier molecular flexibility index (Phi) is 3.57. The van der Waals surface area contributed by atoms with Gasteiger partial charge in [-0.2, -0.15) is 0 Å². The van der Waals surface area contributed by atoms with Crippen molar-refractivity contribution in [3.63, 3.8) is 0 Å². The monoisotopic (exact) mass is 277 g/mol. The zero-order valence-corrected chi connectivity index (χ0v) is 12.0. The minimum atomic E-state index is -0.803. The van der Waals surface area contributed by atoms with Crippen molar-refractivity contribution in [3.8, 4) is 0 Å². The first-order valence-corrected chi connectivity index (χ1v) is 7.81. The van der Waals surface area contributed by atoms with Gasteiger partial charge in [-0.05, 0) is 43.4 Å². The number of amides is 1.